The summed E-state index contributed by atoms with van der Waals surface area (Å²) in [4.78, 5) is 12.7. The summed E-state index contributed by atoms with van der Waals surface area (Å²) in [6.45, 7) is 9.34. The first-order valence-electron chi connectivity index (χ1n) is 20.4. The minimum absolute atomic E-state index is 0.00439. The summed E-state index contributed by atoms with van der Waals surface area (Å²) in [5.74, 6) is -1.63. The molecule has 308 valence electrons. The lowest BCUT2D eigenvalue weighted by molar-refractivity contribution is -0.371. The number of esters is 1. The van der Waals surface area contributed by atoms with E-state index in [1.165, 1.54) is 6.92 Å². The van der Waals surface area contributed by atoms with Gasteiger partial charge in [0.1, 0.15) is 48.8 Å². The molecule has 15 heteroatoms. The van der Waals surface area contributed by atoms with Gasteiger partial charge in [0, 0.05) is 11.8 Å². The van der Waals surface area contributed by atoms with Crippen LogP contribution >= 0.6 is 0 Å². The molecule has 1 spiro atoms. The maximum atomic E-state index is 12.7. The minimum atomic E-state index is -1.64. The van der Waals surface area contributed by atoms with Crippen LogP contribution in [0.5, 0.6) is 0 Å². The molecule has 24 atom stereocenters. The average molecular weight is 771 g/mol. The van der Waals surface area contributed by atoms with Crippen LogP contribution in [0.4, 0.5) is 0 Å². The maximum Gasteiger partial charge on any atom is 0.311 e. The number of ether oxygens (including phenoxy) is 6. The predicted octanol–water partition coefficient (Wildman–Crippen LogP) is -0.0620. The van der Waals surface area contributed by atoms with E-state index in [0.29, 0.717) is 24.7 Å². The van der Waals surface area contributed by atoms with Gasteiger partial charge in [-0.05, 0) is 92.8 Å². The standard InChI is InChI=1S/C39H62O15/c1-15-12-23(41)39(54-34(15)48)16(2)24-32(53-39)28(44)25-20-7-6-18-13-19(8-10-37(18,4)21(20)9-11-38(24,25)5)50-36-33(30(46)27(43)22(14-40)51-36)52-35-31(47)29(45)26(42)17(3)49-35/h15-33,35-36,40-47H,6-14H2,1-5H3/t15-,16-,17-,18+,19+,20+,21-,22+,23+,24-,25+,26-,27+,28-,29-,30-,31+,32+,33+,35+,36+,37-,38+,39+/m1/s1. The number of carbonyl (C=O) groups excluding carboxylic acids is 1. The molecule has 0 radical (unpaired) electrons. The van der Waals surface area contributed by atoms with E-state index in [4.69, 9.17) is 28.4 Å². The van der Waals surface area contributed by atoms with Gasteiger partial charge in [0.2, 0.25) is 5.79 Å². The van der Waals surface area contributed by atoms with Crippen molar-refractivity contribution >= 4 is 5.97 Å². The number of rotatable bonds is 5. The van der Waals surface area contributed by atoms with E-state index in [9.17, 15) is 45.6 Å². The van der Waals surface area contributed by atoms with Crippen LogP contribution in [0, 0.1) is 52.3 Å². The Balaban J connectivity index is 0.963. The van der Waals surface area contributed by atoms with Crippen molar-refractivity contribution in [1.29, 1.82) is 0 Å². The van der Waals surface area contributed by atoms with Crippen molar-refractivity contribution in [2.75, 3.05) is 6.61 Å². The predicted molar refractivity (Wildman–Crippen MR) is 184 cm³/mol. The lowest BCUT2D eigenvalue weighted by Gasteiger charge is -2.61. The Morgan fingerprint density at radius 1 is 0.741 bits per heavy atom. The molecule has 0 bridgehead atoms. The van der Waals surface area contributed by atoms with E-state index in [1.54, 1.807) is 6.92 Å². The molecular weight excluding hydrogens is 708 g/mol. The summed E-state index contributed by atoms with van der Waals surface area (Å²) >= 11 is 0. The largest absolute Gasteiger partial charge is 0.430 e. The van der Waals surface area contributed by atoms with E-state index >= 15 is 0 Å². The topological polar surface area (TPSA) is 234 Å². The van der Waals surface area contributed by atoms with Gasteiger partial charge in [0.05, 0.1) is 36.9 Å². The van der Waals surface area contributed by atoms with Crippen LogP contribution in [-0.4, -0.2) is 145 Å². The molecule has 0 aromatic heterocycles. The lowest BCUT2D eigenvalue weighted by atomic mass is 9.44. The highest BCUT2D eigenvalue weighted by atomic mass is 16.8. The van der Waals surface area contributed by atoms with E-state index in [2.05, 4.69) is 13.8 Å². The SMILES string of the molecule is C[C@@H]1C[C@H](O)[C@]2(OC1=O)O[C@@H]1[C@H](O)[C@@H]3[C@H]4CC[C@H]5C[C@@H](O[C@H]6O[C@@H](CO)[C@H](O)[C@@H](O)[C@@H]6O[C@@H]6O[C@H](C)[C@@H](O)[C@@H](O)[C@@H]6O)CC[C@@]5(C)[C@@H]4CC[C@@]3(C)[C@@H]1[C@H]2C. The second kappa shape index (κ2) is 14.1. The fourth-order valence-electron chi connectivity index (χ4n) is 13.2. The van der Waals surface area contributed by atoms with Gasteiger partial charge in [-0.2, -0.15) is 0 Å². The minimum Gasteiger partial charge on any atom is -0.430 e. The fraction of sp³-hybridized carbons (Fsp3) is 0.974. The third kappa shape index (κ3) is 5.81. The van der Waals surface area contributed by atoms with Crippen molar-refractivity contribution in [3.8, 4) is 0 Å². The van der Waals surface area contributed by atoms with Crippen molar-refractivity contribution in [3.63, 3.8) is 0 Å². The highest BCUT2D eigenvalue weighted by Gasteiger charge is 2.74. The van der Waals surface area contributed by atoms with Gasteiger partial charge in [-0.3, -0.25) is 4.79 Å². The molecule has 0 aromatic rings. The first kappa shape index (κ1) is 39.8. The number of fused-ring (bicyclic) bond motifs is 7. The normalized spacial score (nSPS) is 59.9. The Labute approximate surface area is 316 Å². The molecule has 8 rings (SSSR count). The Bertz CT molecular complexity index is 1400. The summed E-state index contributed by atoms with van der Waals surface area (Å²) in [6, 6.07) is 0. The zero-order chi connectivity index (χ0) is 38.8. The van der Waals surface area contributed by atoms with Crippen molar-refractivity contribution in [2.24, 2.45) is 52.3 Å². The number of hydrogen-bond donors (Lipinski definition) is 8. The highest BCUT2D eigenvalue weighted by molar-refractivity contribution is 5.73. The molecule has 4 heterocycles. The Morgan fingerprint density at radius 2 is 1.46 bits per heavy atom. The zero-order valence-electron chi connectivity index (χ0n) is 31.9. The summed E-state index contributed by atoms with van der Waals surface area (Å²) in [7, 11) is 0. The van der Waals surface area contributed by atoms with Crippen LogP contribution in [0.1, 0.15) is 86.0 Å². The van der Waals surface area contributed by atoms with Crippen LogP contribution in [0.25, 0.3) is 0 Å². The third-order valence-electron chi connectivity index (χ3n) is 16.2. The van der Waals surface area contributed by atoms with Crippen LogP contribution in [-0.2, 0) is 33.2 Å². The molecule has 8 aliphatic rings. The van der Waals surface area contributed by atoms with Gasteiger partial charge in [-0.25, -0.2) is 0 Å². The third-order valence-corrected chi connectivity index (χ3v) is 16.2. The van der Waals surface area contributed by atoms with Crippen molar-refractivity contribution in [1.82, 2.24) is 0 Å². The van der Waals surface area contributed by atoms with Gasteiger partial charge >= 0.3 is 5.97 Å². The molecule has 54 heavy (non-hydrogen) atoms. The monoisotopic (exact) mass is 770 g/mol. The number of aliphatic hydroxyl groups excluding tert-OH is 8. The van der Waals surface area contributed by atoms with Gasteiger partial charge in [0.15, 0.2) is 12.6 Å². The molecule has 0 amide bonds. The molecule has 8 fully saturated rings. The van der Waals surface area contributed by atoms with Crippen molar-refractivity contribution in [3.05, 3.63) is 0 Å². The summed E-state index contributed by atoms with van der Waals surface area (Å²) in [5.41, 5.74) is -0.281. The second-order valence-electron chi connectivity index (χ2n) is 18.8. The van der Waals surface area contributed by atoms with Crippen molar-refractivity contribution < 1.29 is 74.1 Å². The number of carbonyl (C=O) groups is 1. The van der Waals surface area contributed by atoms with E-state index in [-0.39, 0.29) is 53.0 Å². The summed E-state index contributed by atoms with van der Waals surface area (Å²) in [6.07, 6.45) is -10.0. The first-order valence-corrected chi connectivity index (χ1v) is 20.4. The molecule has 4 aliphatic heterocycles. The molecule has 0 unspecified atom stereocenters. The molecule has 4 saturated carbocycles. The Kier molecular flexibility index (Phi) is 10.3. The average Bonchev–Trinajstić information content (AvgIpc) is 3.55. The lowest BCUT2D eigenvalue weighted by Crippen LogP contribution is -2.64. The summed E-state index contributed by atoms with van der Waals surface area (Å²) in [5, 5.41) is 86.3. The van der Waals surface area contributed by atoms with Crippen LogP contribution in [0.3, 0.4) is 0 Å². The first-order chi connectivity index (χ1) is 25.5. The van der Waals surface area contributed by atoms with Crippen LogP contribution in [0.15, 0.2) is 0 Å². The van der Waals surface area contributed by atoms with Gasteiger partial charge < -0.3 is 69.3 Å². The van der Waals surface area contributed by atoms with E-state index in [0.717, 1.165) is 32.1 Å². The van der Waals surface area contributed by atoms with E-state index in [1.807, 2.05) is 6.92 Å². The smallest absolute Gasteiger partial charge is 0.311 e. The molecular formula is C39H62O15. The van der Waals surface area contributed by atoms with E-state index < -0.39 is 98.0 Å². The zero-order valence-corrected chi connectivity index (χ0v) is 31.9. The quantitative estimate of drug-likeness (QED) is 0.135. The molecule has 4 saturated heterocycles. The fourth-order valence-corrected chi connectivity index (χ4v) is 13.2. The number of aliphatic hydroxyl groups is 8. The number of hydrogen-bond acceptors (Lipinski definition) is 15. The van der Waals surface area contributed by atoms with Gasteiger partial charge in [-0.1, -0.05) is 27.7 Å². The van der Waals surface area contributed by atoms with Crippen LogP contribution < -0.4 is 0 Å². The Morgan fingerprint density at radius 3 is 2.19 bits per heavy atom. The Hall–Kier alpha value is -1.05. The molecule has 15 nitrogen and oxygen atoms in total. The van der Waals surface area contributed by atoms with Crippen molar-refractivity contribution in [2.45, 2.75) is 178 Å². The summed E-state index contributed by atoms with van der Waals surface area (Å²) < 4.78 is 36.5. The van der Waals surface area contributed by atoms with Gasteiger partial charge in [-0.15, -0.1) is 0 Å². The highest BCUT2D eigenvalue weighted by Crippen LogP contribution is 2.71. The molecule has 4 aliphatic carbocycles. The van der Waals surface area contributed by atoms with Gasteiger partial charge in [0.25, 0.3) is 0 Å². The second-order valence-corrected chi connectivity index (χ2v) is 18.8. The molecule has 0 aromatic carbocycles. The van der Waals surface area contributed by atoms with Crippen LogP contribution in [0.2, 0.25) is 0 Å². The maximum absolute atomic E-state index is 12.7. The molecule has 8 N–H and O–H groups in total.